The molecule has 1 N–H and O–H groups in total. The molecule has 9 heteroatoms. The summed E-state index contributed by atoms with van der Waals surface area (Å²) in [7, 11) is 0. The number of aliphatic hydroxyl groups is 1. The van der Waals surface area contributed by atoms with Crippen LogP contribution < -0.4 is 5.46 Å². The molecule has 49 heavy (non-hydrogen) atoms. The minimum absolute atomic E-state index is 0. The number of unbranched alkanes of at least 4 members (excludes halogenated alkanes) is 6. The van der Waals surface area contributed by atoms with Crippen LogP contribution in [0.3, 0.4) is 0 Å². The van der Waals surface area contributed by atoms with E-state index >= 15 is 0 Å². The summed E-state index contributed by atoms with van der Waals surface area (Å²) in [5.41, 5.74) is 4.87. The van der Waals surface area contributed by atoms with Gasteiger partial charge >= 0.3 is 19.0 Å². The average Bonchev–Trinajstić information content (AvgIpc) is 3.44. The Hall–Kier alpha value is -0.795. The molecule has 0 bridgehead atoms. The zero-order chi connectivity index (χ0) is 35.4. The Morgan fingerprint density at radius 1 is 0.878 bits per heavy atom. The molecule has 1 aromatic carbocycles. The van der Waals surface area contributed by atoms with Crippen LogP contribution in [0.15, 0.2) is 18.2 Å². The van der Waals surface area contributed by atoms with Crippen molar-refractivity contribution in [3.05, 3.63) is 29.3 Å². The largest absolute Gasteiger partial charge is 0.453 e. The van der Waals surface area contributed by atoms with Crippen LogP contribution in [-0.4, -0.2) is 47.3 Å². The van der Waals surface area contributed by atoms with E-state index in [1.807, 2.05) is 0 Å². The molecule has 1 heterocycles. The van der Waals surface area contributed by atoms with E-state index in [2.05, 4.69) is 59.7 Å². The van der Waals surface area contributed by atoms with Crippen LogP contribution in [0.25, 0.3) is 0 Å². The standard InChI is InChI=1S/C25H37BO2.C14H25F5S.CH4/c1-23(2)15-26(28-24(23,3)4)17-7-9-18-16(14-17)6-8-20-19(18)12-13-25(5)21(20)10-11-22(25)27;1-2-3-4-5-6-7-8-11-20-12-9-10-13(15,16)14(17,18)19;/h7,9,14,19-22,27H,6,8,10-13,15H2,1-5H3;2-12H2,1H3;1H4. The Balaban J connectivity index is 0.000000278. The summed E-state index contributed by atoms with van der Waals surface area (Å²) in [6.45, 7) is 13.9. The molecule has 3 aliphatic carbocycles. The SMILES string of the molecule is C.CC12CCC3c4ccc(B5CC(C)(C)C(C)(C)O5)cc4CCC3C1CCC2O.CCCCCCCCCSCCCC(F)(F)C(F)(F)F. The fraction of sp³-hybridized carbons (Fsp3) is 0.850. The number of rotatable bonds is 13. The first-order valence-electron chi connectivity index (χ1n) is 18.9. The van der Waals surface area contributed by atoms with Crippen molar-refractivity contribution in [1.82, 2.24) is 0 Å². The highest BCUT2D eigenvalue weighted by Crippen LogP contribution is 2.60. The lowest BCUT2D eigenvalue weighted by molar-refractivity contribution is -0.284. The number of aliphatic hydroxyl groups excluding tert-OH is 1. The van der Waals surface area contributed by atoms with E-state index < -0.39 is 18.5 Å². The van der Waals surface area contributed by atoms with Gasteiger partial charge in [0.25, 0.3) is 0 Å². The molecule has 0 spiro atoms. The lowest BCUT2D eigenvalue weighted by Gasteiger charge is -2.50. The third kappa shape index (κ3) is 10.0. The summed E-state index contributed by atoms with van der Waals surface area (Å²) >= 11 is 1.47. The van der Waals surface area contributed by atoms with Crippen molar-refractivity contribution in [3.63, 3.8) is 0 Å². The van der Waals surface area contributed by atoms with Crippen LogP contribution in [0.2, 0.25) is 6.32 Å². The molecule has 1 saturated heterocycles. The van der Waals surface area contributed by atoms with Crippen molar-refractivity contribution in [3.8, 4) is 0 Å². The van der Waals surface area contributed by atoms with E-state index in [0.29, 0.717) is 17.6 Å². The predicted octanol–water partition coefficient (Wildman–Crippen LogP) is 12.0. The second-order valence-corrected chi connectivity index (χ2v) is 18.0. The summed E-state index contributed by atoms with van der Waals surface area (Å²) in [4.78, 5) is 0. The van der Waals surface area contributed by atoms with Gasteiger partial charge in [-0.3, -0.25) is 0 Å². The van der Waals surface area contributed by atoms with Gasteiger partial charge in [0.05, 0.1) is 11.7 Å². The van der Waals surface area contributed by atoms with E-state index in [9.17, 15) is 27.1 Å². The highest BCUT2D eigenvalue weighted by Gasteiger charge is 2.57. The molecule has 1 aliphatic heterocycles. The third-order valence-electron chi connectivity index (χ3n) is 12.9. The van der Waals surface area contributed by atoms with Crippen LogP contribution in [-0.2, 0) is 11.1 Å². The number of benzene rings is 1. The van der Waals surface area contributed by atoms with Crippen LogP contribution in [0.5, 0.6) is 0 Å². The summed E-state index contributed by atoms with van der Waals surface area (Å²) in [5.74, 6) is -1.11. The quantitative estimate of drug-likeness (QED) is 0.125. The van der Waals surface area contributed by atoms with Crippen molar-refractivity contribution in [2.75, 3.05) is 11.5 Å². The number of thioether (sulfide) groups is 1. The minimum atomic E-state index is -5.41. The Bertz CT molecular complexity index is 1160. The van der Waals surface area contributed by atoms with Gasteiger partial charge in [-0.25, -0.2) is 0 Å². The number of aryl methyl sites for hydroxylation is 1. The molecule has 2 saturated carbocycles. The fourth-order valence-corrected chi connectivity index (χ4v) is 9.99. The highest BCUT2D eigenvalue weighted by molar-refractivity contribution is 7.99. The Morgan fingerprint density at radius 3 is 2.16 bits per heavy atom. The second kappa shape index (κ2) is 17.4. The topological polar surface area (TPSA) is 29.5 Å². The second-order valence-electron chi connectivity index (χ2n) is 16.8. The van der Waals surface area contributed by atoms with E-state index in [-0.39, 0.29) is 43.3 Å². The van der Waals surface area contributed by atoms with Gasteiger partial charge in [0.1, 0.15) is 0 Å². The van der Waals surface area contributed by atoms with Gasteiger partial charge in [0.2, 0.25) is 0 Å². The number of alkyl halides is 5. The minimum Gasteiger partial charge on any atom is -0.426 e. The van der Waals surface area contributed by atoms with Crippen LogP contribution in [0.4, 0.5) is 22.0 Å². The summed E-state index contributed by atoms with van der Waals surface area (Å²) < 4.78 is 67.3. The maximum absolute atomic E-state index is 12.6. The zero-order valence-electron chi connectivity index (χ0n) is 30.5. The van der Waals surface area contributed by atoms with Crippen LogP contribution in [0.1, 0.15) is 156 Å². The summed E-state index contributed by atoms with van der Waals surface area (Å²) in [6.07, 6.45) is 9.93. The lowest BCUT2D eigenvalue weighted by Crippen LogP contribution is -2.44. The van der Waals surface area contributed by atoms with E-state index in [1.54, 1.807) is 11.1 Å². The van der Waals surface area contributed by atoms with Crippen molar-refractivity contribution >= 4 is 24.1 Å². The molecule has 0 aromatic heterocycles. The molecule has 4 aliphatic rings. The van der Waals surface area contributed by atoms with Crippen molar-refractivity contribution in [1.29, 1.82) is 0 Å². The number of hydrogen-bond acceptors (Lipinski definition) is 3. The first-order chi connectivity index (χ1) is 22.4. The zero-order valence-corrected chi connectivity index (χ0v) is 31.3. The van der Waals surface area contributed by atoms with Crippen LogP contribution in [0, 0.1) is 22.7 Å². The van der Waals surface area contributed by atoms with E-state index in [4.69, 9.17) is 4.65 Å². The predicted molar refractivity (Wildman–Crippen MR) is 198 cm³/mol. The van der Waals surface area contributed by atoms with Gasteiger partial charge < -0.3 is 9.76 Å². The maximum atomic E-state index is 12.6. The molecule has 282 valence electrons. The van der Waals surface area contributed by atoms with E-state index in [0.717, 1.165) is 37.3 Å². The number of fused-ring (bicyclic) bond motifs is 5. The maximum Gasteiger partial charge on any atom is 0.453 e. The van der Waals surface area contributed by atoms with Crippen molar-refractivity contribution in [2.24, 2.45) is 22.7 Å². The van der Waals surface area contributed by atoms with Gasteiger partial charge in [-0.1, -0.05) is 91.8 Å². The first kappa shape index (κ1) is 42.6. The van der Waals surface area contributed by atoms with Gasteiger partial charge in [-0.2, -0.15) is 33.7 Å². The summed E-state index contributed by atoms with van der Waals surface area (Å²) in [6, 6.07) is 7.28. The smallest absolute Gasteiger partial charge is 0.426 e. The first-order valence-corrected chi connectivity index (χ1v) is 20.1. The molecule has 3 fully saturated rings. The highest BCUT2D eigenvalue weighted by atomic mass is 32.2. The van der Waals surface area contributed by atoms with Gasteiger partial charge in [0.15, 0.2) is 0 Å². The molecule has 0 radical (unpaired) electrons. The van der Waals surface area contributed by atoms with Crippen molar-refractivity contribution < 1.29 is 31.7 Å². The fourth-order valence-electron chi connectivity index (χ4n) is 9.03. The Morgan fingerprint density at radius 2 is 1.53 bits per heavy atom. The molecule has 0 amide bonds. The van der Waals surface area contributed by atoms with Crippen molar-refractivity contribution in [2.45, 2.75) is 181 Å². The number of hydrogen-bond donors (Lipinski definition) is 1. The molecular formula is C40H66BF5O2S. The van der Waals surface area contributed by atoms with Crippen LogP contribution >= 0.6 is 11.8 Å². The molecule has 5 atom stereocenters. The van der Waals surface area contributed by atoms with E-state index in [1.165, 1.54) is 81.4 Å². The Labute approximate surface area is 300 Å². The lowest BCUT2D eigenvalue weighted by atomic mass is 9.52. The average molecular weight is 717 g/mol. The molecule has 1 aromatic rings. The van der Waals surface area contributed by atoms with Gasteiger partial charge in [-0.15, -0.1) is 0 Å². The Kier molecular flexibility index (Phi) is 15.1. The van der Waals surface area contributed by atoms with Gasteiger partial charge in [0, 0.05) is 6.42 Å². The summed E-state index contributed by atoms with van der Waals surface area (Å²) in [5, 5.41) is 10.6. The molecule has 2 nitrogen and oxygen atoms in total. The molecule has 5 rings (SSSR count). The molecule has 5 unspecified atom stereocenters. The normalized spacial score (nSPS) is 28.5. The number of halogens is 5. The van der Waals surface area contributed by atoms with Gasteiger partial charge in [-0.05, 0) is 128 Å². The third-order valence-corrected chi connectivity index (χ3v) is 14.1. The molecular weight excluding hydrogens is 650 g/mol. The monoisotopic (exact) mass is 716 g/mol.